The van der Waals surface area contributed by atoms with Crippen LogP contribution in [-0.4, -0.2) is 0 Å². The number of nitrogens with one attached hydrogen (secondary N) is 1. The van der Waals surface area contributed by atoms with E-state index < -0.39 is 0 Å². The molecule has 0 saturated heterocycles. The molecule has 1 heterocycles. The van der Waals surface area contributed by atoms with Gasteiger partial charge >= 0.3 is 0 Å². The van der Waals surface area contributed by atoms with Crippen molar-refractivity contribution >= 4 is 55.2 Å². The lowest BCUT2D eigenvalue weighted by Gasteiger charge is -2.02. The van der Waals surface area contributed by atoms with E-state index in [9.17, 15) is 0 Å². The van der Waals surface area contributed by atoms with Crippen molar-refractivity contribution in [2.24, 2.45) is 0 Å². The van der Waals surface area contributed by atoms with Gasteiger partial charge in [-0.2, -0.15) is 0 Å². The summed E-state index contributed by atoms with van der Waals surface area (Å²) in [5, 5.41) is 4.80. The van der Waals surface area contributed by atoms with E-state index in [1.165, 1.54) is 10.3 Å². The standard InChI is InChI=1S/C9H6ClNS3/c10-7-8(13-14-9(7)12)11-6-4-2-1-3-5-6/h1-5,11H. The molecule has 5 heteroatoms. The number of benzene rings is 1. The molecule has 0 unspecified atom stereocenters. The van der Waals surface area contributed by atoms with E-state index in [0.717, 1.165) is 14.5 Å². The van der Waals surface area contributed by atoms with Gasteiger partial charge in [0.1, 0.15) is 13.8 Å². The average molecular weight is 260 g/mol. The first kappa shape index (κ1) is 10.1. The van der Waals surface area contributed by atoms with Gasteiger partial charge in [-0.15, -0.1) is 0 Å². The van der Waals surface area contributed by atoms with Crippen LogP contribution in [0.1, 0.15) is 0 Å². The summed E-state index contributed by atoms with van der Waals surface area (Å²) in [5.41, 5.74) is 1.03. The van der Waals surface area contributed by atoms with Crippen LogP contribution in [0.2, 0.25) is 5.02 Å². The molecule has 0 spiro atoms. The van der Waals surface area contributed by atoms with Crippen LogP contribution in [0.5, 0.6) is 0 Å². The summed E-state index contributed by atoms with van der Waals surface area (Å²) >= 11 is 11.1. The molecule has 1 aromatic heterocycles. The highest BCUT2D eigenvalue weighted by atomic mass is 35.5. The third kappa shape index (κ3) is 2.15. The van der Waals surface area contributed by atoms with E-state index in [4.69, 9.17) is 23.8 Å². The summed E-state index contributed by atoms with van der Waals surface area (Å²) < 4.78 is 0.745. The van der Waals surface area contributed by atoms with Crippen molar-refractivity contribution in [3.63, 3.8) is 0 Å². The van der Waals surface area contributed by atoms with Gasteiger partial charge in [-0.3, -0.25) is 0 Å². The van der Waals surface area contributed by atoms with Gasteiger partial charge in [-0.1, -0.05) is 62.7 Å². The van der Waals surface area contributed by atoms with Gasteiger partial charge in [0.05, 0.1) is 0 Å². The Hall–Kier alpha value is -0.420. The Morgan fingerprint density at radius 3 is 2.43 bits per heavy atom. The number of rotatable bonds is 2. The monoisotopic (exact) mass is 259 g/mol. The van der Waals surface area contributed by atoms with Crippen molar-refractivity contribution in [2.45, 2.75) is 0 Å². The molecule has 1 nitrogen and oxygen atoms in total. The van der Waals surface area contributed by atoms with Crippen LogP contribution in [-0.2, 0) is 0 Å². The highest BCUT2D eigenvalue weighted by Gasteiger charge is 2.04. The van der Waals surface area contributed by atoms with Crippen LogP contribution in [0, 0.1) is 3.82 Å². The number of para-hydroxylation sites is 1. The summed E-state index contributed by atoms with van der Waals surface area (Å²) in [6.45, 7) is 0. The van der Waals surface area contributed by atoms with Crippen LogP contribution in [0.4, 0.5) is 10.7 Å². The smallest absolute Gasteiger partial charge is 0.124 e. The lowest BCUT2D eigenvalue weighted by atomic mass is 10.3. The summed E-state index contributed by atoms with van der Waals surface area (Å²) in [4.78, 5) is 0. The van der Waals surface area contributed by atoms with Crippen LogP contribution in [0.15, 0.2) is 30.3 Å². The van der Waals surface area contributed by atoms with Crippen LogP contribution < -0.4 is 5.32 Å². The summed E-state index contributed by atoms with van der Waals surface area (Å²) in [6.07, 6.45) is 0. The predicted molar refractivity (Wildman–Crippen MR) is 67.8 cm³/mol. The molecule has 0 aliphatic carbocycles. The molecule has 0 aliphatic rings. The SMILES string of the molecule is S=c1ssc(Nc2ccccc2)c1Cl. The van der Waals surface area contributed by atoms with Crippen molar-refractivity contribution < 1.29 is 0 Å². The van der Waals surface area contributed by atoms with Gasteiger partial charge < -0.3 is 5.32 Å². The van der Waals surface area contributed by atoms with Gasteiger partial charge in [0, 0.05) is 5.69 Å². The van der Waals surface area contributed by atoms with E-state index in [2.05, 4.69) is 5.32 Å². The number of halogens is 1. The molecule has 2 aromatic rings. The number of hydrogen-bond donors (Lipinski definition) is 1. The second-order valence-corrected chi connectivity index (χ2v) is 5.78. The van der Waals surface area contributed by atoms with E-state index in [1.807, 2.05) is 30.3 Å². The fraction of sp³-hybridized carbons (Fsp3) is 0. The Labute approximate surface area is 99.4 Å². The molecule has 1 N–H and O–H groups in total. The molecule has 0 amide bonds. The molecule has 0 bridgehead atoms. The zero-order valence-electron chi connectivity index (χ0n) is 6.99. The van der Waals surface area contributed by atoms with Crippen LogP contribution >= 0.6 is 44.5 Å². The third-order valence-corrected chi connectivity index (χ3v) is 5.26. The number of anilines is 2. The minimum atomic E-state index is 0.652. The maximum absolute atomic E-state index is 6.01. The first-order valence-corrected chi connectivity index (χ1v) is 6.81. The largest absolute Gasteiger partial charge is 0.345 e. The molecule has 0 fully saturated rings. The van der Waals surface area contributed by atoms with E-state index in [0.29, 0.717) is 5.02 Å². The van der Waals surface area contributed by atoms with E-state index in [1.54, 1.807) is 10.3 Å². The van der Waals surface area contributed by atoms with Crippen molar-refractivity contribution in [1.82, 2.24) is 0 Å². The minimum absolute atomic E-state index is 0.652. The predicted octanol–water partition coefficient (Wildman–Crippen LogP) is 4.94. The van der Waals surface area contributed by atoms with Gasteiger partial charge in [-0.25, -0.2) is 0 Å². The van der Waals surface area contributed by atoms with Crippen molar-refractivity contribution in [3.8, 4) is 0 Å². The van der Waals surface area contributed by atoms with Gasteiger partial charge in [0.15, 0.2) is 0 Å². The first-order chi connectivity index (χ1) is 6.77. The maximum atomic E-state index is 6.01. The second-order valence-electron chi connectivity index (χ2n) is 2.59. The molecule has 0 aliphatic heterocycles. The quantitative estimate of drug-likeness (QED) is 0.606. The molecule has 0 saturated carbocycles. The molecular formula is C9H6ClNS3. The topological polar surface area (TPSA) is 12.0 Å². The zero-order valence-corrected chi connectivity index (χ0v) is 10.2. The molecule has 1 aromatic carbocycles. The molecule has 2 rings (SSSR count). The van der Waals surface area contributed by atoms with E-state index in [-0.39, 0.29) is 0 Å². The van der Waals surface area contributed by atoms with Crippen LogP contribution in [0.3, 0.4) is 0 Å². The maximum Gasteiger partial charge on any atom is 0.124 e. The van der Waals surface area contributed by atoms with Gasteiger partial charge in [0.25, 0.3) is 0 Å². The number of hydrogen-bond acceptors (Lipinski definition) is 4. The Morgan fingerprint density at radius 1 is 1.14 bits per heavy atom. The lowest BCUT2D eigenvalue weighted by molar-refractivity contribution is 1.61. The summed E-state index contributed by atoms with van der Waals surface area (Å²) in [7, 11) is 3.08. The fourth-order valence-electron chi connectivity index (χ4n) is 0.974. The lowest BCUT2D eigenvalue weighted by Crippen LogP contribution is -1.86. The Bertz CT molecular complexity index is 474. The summed E-state index contributed by atoms with van der Waals surface area (Å²) in [6, 6.07) is 9.90. The van der Waals surface area contributed by atoms with Crippen molar-refractivity contribution in [1.29, 1.82) is 0 Å². The van der Waals surface area contributed by atoms with E-state index >= 15 is 0 Å². The van der Waals surface area contributed by atoms with Gasteiger partial charge in [0.2, 0.25) is 0 Å². The molecular weight excluding hydrogens is 254 g/mol. The Kier molecular flexibility index (Phi) is 3.18. The highest BCUT2D eigenvalue weighted by Crippen LogP contribution is 2.36. The van der Waals surface area contributed by atoms with Crippen molar-refractivity contribution in [2.75, 3.05) is 5.32 Å². The normalized spacial score (nSPS) is 10.1. The zero-order chi connectivity index (χ0) is 9.97. The Morgan fingerprint density at radius 2 is 1.86 bits per heavy atom. The highest BCUT2D eigenvalue weighted by molar-refractivity contribution is 7.80. The third-order valence-electron chi connectivity index (χ3n) is 1.61. The van der Waals surface area contributed by atoms with Crippen molar-refractivity contribution in [3.05, 3.63) is 39.2 Å². The average Bonchev–Trinajstić information content (AvgIpc) is 2.52. The Balaban J connectivity index is 2.28. The molecule has 14 heavy (non-hydrogen) atoms. The second kappa shape index (κ2) is 4.40. The summed E-state index contributed by atoms with van der Waals surface area (Å²) in [5.74, 6) is 0. The minimum Gasteiger partial charge on any atom is -0.345 e. The first-order valence-electron chi connectivity index (χ1n) is 3.88. The van der Waals surface area contributed by atoms with Crippen LogP contribution in [0.25, 0.3) is 0 Å². The van der Waals surface area contributed by atoms with Gasteiger partial charge in [-0.05, 0) is 12.1 Å². The molecule has 0 radical (unpaired) electrons. The fourth-order valence-corrected chi connectivity index (χ4v) is 3.84. The molecule has 0 atom stereocenters. The molecule has 72 valence electrons.